The molecule has 2 aromatic rings. The summed E-state index contributed by atoms with van der Waals surface area (Å²) in [5, 5.41) is 7.68. The van der Waals surface area contributed by atoms with Gasteiger partial charge in [-0.15, -0.1) is 0 Å². The number of nitrogens with one attached hydrogen (secondary N) is 1. The fraction of sp³-hybridized carbons (Fsp3) is 0.600. The molecule has 3 heterocycles. The number of nitrogens with zero attached hydrogens (tertiary/aromatic N) is 6. The van der Waals surface area contributed by atoms with Crippen molar-refractivity contribution in [3.8, 4) is 0 Å². The molecule has 1 N–H and O–H groups in total. The molecule has 1 aliphatic carbocycles. The fourth-order valence-corrected chi connectivity index (χ4v) is 2.96. The smallest absolute Gasteiger partial charge is 0.140 e. The average molecular weight is 299 g/mol. The van der Waals surface area contributed by atoms with E-state index in [4.69, 9.17) is 0 Å². The zero-order chi connectivity index (χ0) is 14.9. The van der Waals surface area contributed by atoms with Gasteiger partial charge in [0.1, 0.15) is 23.8 Å². The van der Waals surface area contributed by atoms with Crippen LogP contribution in [0, 0.1) is 0 Å². The minimum Gasteiger partial charge on any atom is -0.366 e. The summed E-state index contributed by atoms with van der Waals surface area (Å²) in [7, 11) is 1.94. The Morgan fingerprint density at radius 1 is 1.27 bits per heavy atom. The Morgan fingerprint density at radius 3 is 2.95 bits per heavy atom. The molecule has 1 saturated heterocycles. The molecule has 1 aliphatic heterocycles. The SMILES string of the molecule is Cn1ncnc1CN1CCC(Nc2ccnc(C3CC3)n2)C1. The summed E-state index contributed by atoms with van der Waals surface area (Å²) >= 11 is 0. The van der Waals surface area contributed by atoms with E-state index in [2.05, 4.69) is 30.3 Å². The number of anilines is 1. The van der Waals surface area contributed by atoms with Gasteiger partial charge in [-0.05, 0) is 25.3 Å². The van der Waals surface area contributed by atoms with Crippen LogP contribution in [-0.4, -0.2) is 48.8 Å². The minimum atomic E-state index is 0.440. The Kier molecular flexibility index (Phi) is 3.49. The van der Waals surface area contributed by atoms with Gasteiger partial charge in [0.15, 0.2) is 0 Å². The highest BCUT2D eigenvalue weighted by Gasteiger charge is 2.27. The first-order chi connectivity index (χ1) is 10.8. The lowest BCUT2D eigenvalue weighted by atomic mass is 10.2. The van der Waals surface area contributed by atoms with E-state index in [-0.39, 0.29) is 0 Å². The summed E-state index contributed by atoms with van der Waals surface area (Å²) in [6.07, 6.45) is 7.08. The number of aryl methyl sites for hydroxylation is 1. The molecule has 2 aliphatic rings. The third kappa shape index (κ3) is 2.94. The van der Waals surface area contributed by atoms with E-state index < -0.39 is 0 Å². The van der Waals surface area contributed by atoms with Crippen molar-refractivity contribution in [2.24, 2.45) is 7.05 Å². The molecular formula is C15H21N7. The van der Waals surface area contributed by atoms with Crippen LogP contribution >= 0.6 is 0 Å². The van der Waals surface area contributed by atoms with Crippen molar-refractivity contribution < 1.29 is 0 Å². The van der Waals surface area contributed by atoms with Crippen LogP contribution in [0.4, 0.5) is 5.82 Å². The molecule has 0 spiro atoms. The van der Waals surface area contributed by atoms with Gasteiger partial charge in [-0.2, -0.15) is 5.10 Å². The molecule has 4 rings (SSSR count). The highest BCUT2D eigenvalue weighted by molar-refractivity contribution is 5.35. The summed E-state index contributed by atoms with van der Waals surface area (Å²) in [6.45, 7) is 2.94. The maximum atomic E-state index is 4.65. The first-order valence-corrected chi connectivity index (χ1v) is 7.92. The molecule has 7 heteroatoms. The largest absolute Gasteiger partial charge is 0.366 e. The Bertz CT molecular complexity index is 649. The summed E-state index contributed by atoms with van der Waals surface area (Å²) < 4.78 is 1.84. The highest BCUT2D eigenvalue weighted by Crippen LogP contribution is 2.38. The minimum absolute atomic E-state index is 0.440. The van der Waals surface area contributed by atoms with Crippen molar-refractivity contribution in [1.29, 1.82) is 0 Å². The van der Waals surface area contributed by atoms with Crippen LogP contribution in [0.2, 0.25) is 0 Å². The van der Waals surface area contributed by atoms with E-state index in [1.807, 2.05) is 24.0 Å². The number of hydrogen-bond acceptors (Lipinski definition) is 6. The molecule has 22 heavy (non-hydrogen) atoms. The monoisotopic (exact) mass is 299 g/mol. The van der Waals surface area contributed by atoms with E-state index in [0.717, 1.165) is 43.5 Å². The topological polar surface area (TPSA) is 71.8 Å². The number of hydrogen-bond donors (Lipinski definition) is 1. The van der Waals surface area contributed by atoms with Crippen LogP contribution in [0.15, 0.2) is 18.6 Å². The predicted molar refractivity (Wildman–Crippen MR) is 82.3 cm³/mol. The van der Waals surface area contributed by atoms with Gasteiger partial charge < -0.3 is 5.32 Å². The van der Waals surface area contributed by atoms with Crippen molar-refractivity contribution in [3.63, 3.8) is 0 Å². The van der Waals surface area contributed by atoms with Crippen LogP contribution in [0.5, 0.6) is 0 Å². The average Bonchev–Trinajstić information content (AvgIpc) is 3.17. The van der Waals surface area contributed by atoms with Crippen molar-refractivity contribution in [2.75, 3.05) is 18.4 Å². The summed E-state index contributed by atoms with van der Waals surface area (Å²) in [4.78, 5) is 15.7. The Balaban J connectivity index is 1.35. The molecule has 0 bridgehead atoms. The van der Waals surface area contributed by atoms with Gasteiger partial charge in [-0.1, -0.05) is 0 Å². The molecule has 1 atom stereocenters. The van der Waals surface area contributed by atoms with Crippen LogP contribution in [-0.2, 0) is 13.6 Å². The van der Waals surface area contributed by atoms with Gasteiger partial charge in [0.25, 0.3) is 0 Å². The van der Waals surface area contributed by atoms with E-state index >= 15 is 0 Å². The van der Waals surface area contributed by atoms with Crippen LogP contribution in [0.3, 0.4) is 0 Å². The quantitative estimate of drug-likeness (QED) is 0.893. The van der Waals surface area contributed by atoms with E-state index in [0.29, 0.717) is 12.0 Å². The Hall–Kier alpha value is -2.02. The van der Waals surface area contributed by atoms with E-state index in [1.165, 1.54) is 12.8 Å². The lowest BCUT2D eigenvalue weighted by Crippen LogP contribution is -2.27. The first kappa shape index (κ1) is 13.6. The first-order valence-electron chi connectivity index (χ1n) is 7.92. The van der Waals surface area contributed by atoms with E-state index in [9.17, 15) is 0 Å². The van der Waals surface area contributed by atoms with Crippen molar-refractivity contribution in [3.05, 3.63) is 30.2 Å². The van der Waals surface area contributed by atoms with Crippen LogP contribution < -0.4 is 5.32 Å². The van der Waals surface area contributed by atoms with Gasteiger partial charge in [-0.25, -0.2) is 15.0 Å². The molecule has 0 aromatic carbocycles. The lowest BCUT2D eigenvalue weighted by molar-refractivity contribution is 0.314. The zero-order valence-corrected chi connectivity index (χ0v) is 12.8. The Morgan fingerprint density at radius 2 is 2.18 bits per heavy atom. The van der Waals surface area contributed by atoms with Gasteiger partial charge in [0.05, 0.1) is 6.54 Å². The predicted octanol–water partition coefficient (Wildman–Crippen LogP) is 1.17. The second-order valence-electron chi connectivity index (χ2n) is 6.24. The van der Waals surface area contributed by atoms with Crippen LogP contribution in [0.25, 0.3) is 0 Å². The van der Waals surface area contributed by atoms with Gasteiger partial charge in [-0.3, -0.25) is 9.58 Å². The summed E-state index contributed by atoms with van der Waals surface area (Å²) in [6, 6.07) is 2.41. The third-order valence-electron chi connectivity index (χ3n) is 4.41. The standard InChI is InChI=1S/C15H21N7/c1-21-14(17-10-18-21)9-22-7-5-12(8-22)19-13-4-6-16-15(20-13)11-2-3-11/h4,6,10-12H,2-3,5,7-9H2,1H3,(H,16,19,20). The Labute approximate surface area is 129 Å². The number of likely N-dealkylation sites (tertiary alicyclic amines) is 1. The van der Waals surface area contributed by atoms with E-state index in [1.54, 1.807) is 6.33 Å². The van der Waals surface area contributed by atoms with Crippen molar-refractivity contribution >= 4 is 5.82 Å². The number of aromatic nitrogens is 5. The molecule has 2 aromatic heterocycles. The third-order valence-corrected chi connectivity index (χ3v) is 4.41. The summed E-state index contributed by atoms with van der Waals surface area (Å²) in [5.74, 6) is 3.57. The fourth-order valence-electron chi connectivity index (χ4n) is 2.96. The molecule has 1 saturated carbocycles. The number of rotatable bonds is 5. The van der Waals surface area contributed by atoms with Gasteiger partial charge >= 0.3 is 0 Å². The molecule has 0 amide bonds. The summed E-state index contributed by atoms with van der Waals surface area (Å²) in [5.41, 5.74) is 0. The van der Waals surface area contributed by atoms with Crippen molar-refractivity contribution in [2.45, 2.75) is 37.8 Å². The lowest BCUT2D eigenvalue weighted by Gasteiger charge is -2.16. The second kappa shape index (κ2) is 5.64. The second-order valence-corrected chi connectivity index (χ2v) is 6.24. The van der Waals surface area contributed by atoms with Crippen molar-refractivity contribution in [1.82, 2.24) is 29.6 Å². The molecule has 1 unspecified atom stereocenters. The molecule has 7 nitrogen and oxygen atoms in total. The molecular weight excluding hydrogens is 278 g/mol. The molecule has 2 fully saturated rings. The normalized spacial score (nSPS) is 22.1. The maximum absolute atomic E-state index is 4.65. The van der Waals surface area contributed by atoms with Gasteiger partial charge in [0.2, 0.25) is 0 Å². The molecule has 116 valence electrons. The molecule has 0 radical (unpaired) electrons. The zero-order valence-electron chi connectivity index (χ0n) is 12.8. The van der Waals surface area contributed by atoms with Crippen LogP contribution in [0.1, 0.15) is 36.8 Å². The highest BCUT2D eigenvalue weighted by atomic mass is 15.3. The van der Waals surface area contributed by atoms with Gasteiger partial charge in [0, 0.05) is 38.3 Å². The maximum Gasteiger partial charge on any atom is 0.140 e.